The van der Waals surface area contributed by atoms with E-state index in [2.05, 4.69) is 0 Å². The lowest BCUT2D eigenvalue weighted by atomic mass is 10.0. The Hall–Kier alpha value is -1.62. The van der Waals surface area contributed by atoms with Crippen LogP contribution in [0.2, 0.25) is 0 Å². The second kappa shape index (κ2) is 5.17. The predicted molar refractivity (Wildman–Crippen MR) is 71.1 cm³/mol. The number of likely N-dealkylation sites (tertiary alicyclic amines) is 1. The molecule has 1 N–H and O–H groups in total. The number of aliphatic hydroxyl groups is 1. The van der Waals surface area contributed by atoms with Crippen LogP contribution in [0.25, 0.3) is 0 Å². The van der Waals surface area contributed by atoms with Crippen LogP contribution in [-0.2, 0) is 7.05 Å². The van der Waals surface area contributed by atoms with Gasteiger partial charge in [0.05, 0.1) is 12.6 Å². The number of rotatable bonds is 3. The highest BCUT2D eigenvalue weighted by atomic mass is 16.3. The molecule has 0 aromatic carbocycles. The van der Waals surface area contributed by atoms with Gasteiger partial charge in [0.15, 0.2) is 5.78 Å². The van der Waals surface area contributed by atoms with Crippen molar-refractivity contribution in [3.63, 3.8) is 0 Å². The number of aromatic nitrogens is 1. The Balaban J connectivity index is 2.27. The monoisotopic (exact) mass is 264 g/mol. The molecule has 1 aromatic rings. The van der Waals surface area contributed by atoms with Crippen LogP contribution in [0.3, 0.4) is 0 Å². The van der Waals surface area contributed by atoms with Gasteiger partial charge in [0, 0.05) is 25.4 Å². The minimum Gasteiger partial charge on any atom is -0.394 e. The van der Waals surface area contributed by atoms with Crippen molar-refractivity contribution in [2.24, 2.45) is 13.0 Å². The molecule has 5 nitrogen and oxygen atoms in total. The molecule has 104 valence electrons. The van der Waals surface area contributed by atoms with Gasteiger partial charge in [0.1, 0.15) is 5.69 Å². The highest BCUT2D eigenvalue weighted by molar-refractivity contribution is 5.99. The number of hydrogen-bond acceptors (Lipinski definition) is 3. The van der Waals surface area contributed by atoms with E-state index in [4.69, 9.17) is 0 Å². The van der Waals surface area contributed by atoms with E-state index in [0.29, 0.717) is 23.7 Å². The fourth-order valence-corrected chi connectivity index (χ4v) is 2.66. The Morgan fingerprint density at radius 3 is 2.68 bits per heavy atom. The van der Waals surface area contributed by atoms with Crippen LogP contribution in [0.15, 0.2) is 12.3 Å². The van der Waals surface area contributed by atoms with Crippen molar-refractivity contribution in [3.05, 3.63) is 23.5 Å². The van der Waals surface area contributed by atoms with E-state index in [-0.39, 0.29) is 24.3 Å². The van der Waals surface area contributed by atoms with Crippen LogP contribution < -0.4 is 0 Å². The maximum atomic E-state index is 12.5. The second-order valence-corrected chi connectivity index (χ2v) is 5.30. The average molecular weight is 264 g/mol. The molecule has 2 heterocycles. The lowest BCUT2D eigenvalue weighted by Crippen LogP contribution is -2.40. The summed E-state index contributed by atoms with van der Waals surface area (Å²) in [7, 11) is 1.76. The topological polar surface area (TPSA) is 62.5 Å². The Morgan fingerprint density at radius 2 is 2.16 bits per heavy atom. The van der Waals surface area contributed by atoms with Crippen molar-refractivity contribution < 1.29 is 14.7 Å². The maximum absolute atomic E-state index is 12.5. The van der Waals surface area contributed by atoms with Crippen LogP contribution in [0.1, 0.15) is 41.1 Å². The Morgan fingerprint density at radius 1 is 1.47 bits per heavy atom. The van der Waals surface area contributed by atoms with E-state index in [9.17, 15) is 14.7 Å². The first-order valence-corrected chi connectivity index (χ1v) is 6.54. The molecule has 0 aliphatic carbocycles. The average Bonchev–Trinajstić information content (AvgIpc) is 2.91. The third kappa shape index (κ3) is 2.42. The number of Topliss-reactive ketones (excluding diaryl/α,β-unsaturated/α-hetero) is 1. The number of hydrogen-bond donors (Lipinski definition) is 1. The molecule has 1 amide bonds. The van der Waals surface area contributed by atoms with Crippen molar-refractivity contribution in [3.8, 4) is 0 Å². The molecule has 1 fully saturated rings. The number of ketones is 1. The molecule has 2 unspecified atom stereocenters. The third-order valence-electron chi connectivity index (χ3n) is 3.96. The van der Waals surface area contributed by atoms with Crippen LogP contribution in [0.5, 0.6) is 0 Å². The third-order valence-corrected chi connectivity index (χ3v) is 3.96. The summed E-state index contributed by atoms with van der Waals surface area (Å²) < 4.78 is 1.68. The molecule has 1 saturated heterocycles. The fourth-order valence-electron chi connectivity index (χ4n) is 2.66. The molecule has 19 heavy (non-hydrogen) atoms. The number of amides is 1. The first-order chi connectivity index (χ1) is 8.95. The Labute approximate surface area is 112 Å². The lowest BCUT2D eigenvalue weighted by Gasteiger charge is -2.25. The molecule has 0 spiro atoms. The van der Waals surface area contributed by atoms with E-state index < -0.39 is 0 Å². The number of aliphatic hydroxyl groups excluding tert-OH is 1. The molecule has 0 radical (unpaired) electrons. The normalized spacial score (nSPS) is 22.8. The lowest BCUT2D eigenvalue weighted by molar-refractivity contribution is 0.0639. The Kier molecular flexibility index (Phi) is 3.75. The fraction of sp³-hybridized carbons (Fsp3) is 0.571. The van der Waals surface area contributed by atoms with Gasteiger partial charge in [0.25, 0.3) is 5.91 Å². The first-order valence-electron chi connectivity index (χ1n) is 6.54. The van der Waals surface area contributed by atoms with Gasteiger partial charge in [-0.05, 0) is 25.3 Å². The zero-order valence-corrected chi connectivity index (χ0v) is 11.6. The Bertz CT molecular complexity index is 507. The summed E-state index contributed by atoms with van der Waals surface area (Å²) in [5.41, 5.74) is 1.04. The van der Waals surface area contributed by atoms with Crippen molar-refractivity contribution in [1.82, 2.24) is 9.47 Å². The number of aryl methyl sites for hydroxylation is 1. The van der Waals surface area contributed by atoms with Gasteiger partial charge in [-0.25, -0.2) is 0 Å². The molecular formula is C14H20N2O3. The molecule has 0 bridgehead atoms. The van der Waals surface area contributed by atoms with Gasteiger partial charge >= 0.3 is 0 Å². The standard InChI is InChI=1S/C14H20N2O3/c1-9-4-5-16(13(9)8-17)14(19)12-6-11(10(2)18)7-15(12)3/h6-7,9,13,17H,4-5,8H2,1-3H3. The molecular weight excluding hydrogens is 244 g/mol. The summed E-state index contributed by atoms with van der Waals surface area (Å²) in [5, 5.41) is 9.41. The summed E-state index contributed by atoms with van der Waals surface area (Å²) in [4.78, 5) is 25.6. The molecule has 5 heteroatoms. The van der Waals surface area contributed by atoms with Crippen molar-refractivity contribution in [2.45, 2.75) is 26.3 Å². The van der Waals surface area contributed by atoms with Crippen molar-refractivity contribution >= 4 is 11.7 Å². The summed E-state index contributed by atoms with van der Waals surface area (Å²) in [6.45, 7) is 4.17. The van der Waals surface area contributed by atoms with E-state index >= 15 is 0 Å². The van der Waals surface area contributed by atoms with E-state index in [1.807, 2.05) is 6.92 Å². The highest BCUT2D eigenvalue weighted by Crippen LogP contribution is 2.25. The second-order valence-electron chi connectivity index (χ2n) is 5.30. The van der Waals surface area contributed by atoms with Crippen molar-refractivity contribution in [1.29, 1.82) is 0 Å². The van der Waals surface area contributed by atoms with Crippen LogP contribution in [0.4, 0.5) is 0 Å². The van der Waals surface area contributed by atoms with Gasteiger partial charge in [-0.3, -0.25) is 9.59 Å². The minimum atomic E-state index is -0.122. The van der Waals surface area contributed by atoms with Crippen LogP contribution in [-0.4, -0.2) is 45.5 Å². The number of carbonyl (C=O) groups excluding carboxylic acids is 2. The summed E-state index contributed by atoms with van der Waals surface area (Å²) in [6.07, 6.45) is 2.57. The SMILES string of the molecule is CC(=O)c1cc(C(=O)N2CCC(C)C2CO)n(C)c1. The highest BCUT2D eigenvalue weighted by Gasteiger charge is 2.35. The molecule has 2 atom stereocenters. The van der Waals surface area contributed by atoms with Gasteiger partial charge in [-0.1, -0.05) is 6.92 Å². The van der Waals surface area contributed by atoms with E-state index in [1.54, 1.807) is 28.8 Å². The minimum absolute atomic E-state index is 0.0170. The molecule has 1 aromatic heterocycles. The largest absolute Gasteiger partial charge is 0.394 e. The van der Waals surface area contributed by atoms with Gasteiger partial charge in [0.2, 0.25) is 0 Å². The summed E-state index contributed by atoms with van der Waals surface area (Å²) >= 11 is 0. The number of nitrogens with zero attached hydrogens (tertiary/aromatic N) is 2. The van der Waals surface area contributed by atoms with Crippen molar-refractivity contribution in [2.75, 3.05) is 13.2 Å². The molecule has 0 saturated carbocycles. The van der Waals surface area contributed by atoms with Crippen LogP contribution in [0, 0.1) is 5.92 Å². The quantitative estimate of drug-likeness (QED) is 0.831. The zero-order chi connectivity index (χ0) is 14.2. The smallest absolute Gasteiger partial charge is 0.270 e. The van der Waals surface area contributed by atoms with Crippen LogP contribution >= 0.6 is 0 Å². The summed E-state index contributed by atoms with van der Waals surface area (Å²) in [6, 6.07) is 1.51. The van der Waals surface area contributed by atoms with Gasteiger partial charge in [-0.15, -0.1) is 0 Å². The molecule has 2 rings (SSSR count). The number of carbonyl (C=O) groups is 2. The molecule has 1 aliphatic heterocycles. The first kappa shape index (κ1) is 13.8. The van der Waals surface area contributed by atoms with Gasteiger partial charge < -0.3 is 14.6 Å². The van der Waals surface area contributed by atoms with E-state index in [0.717, 1.165) is 6.42 Å². The van der Waals surface area contributed by atoms with Gasteiger partial charge in [-0.2, -0.15) is 0 Å². The zero-order valence-electron chi connectivity index (χ0n) is 11.6. The van der Waals surface area contributed by atoms with E-state index in [1.165, 1.54) is 6.92 Å². The maximum Gasteiger partial charge on any atom is 0.270 e. The molecule has 1 aliphatic rings. The summed E-state index contributed by atoms with van der Waals surface area (Å²) in [5.74, 6) is 0.142. The predicted octanol–water partition coefficient (Wildman–Crippen LogP) is 1.07.